The van der Waals surface area contributed by atoms with E-state index in [0.29, 0.717) is 0 Å². The molecule has 3 heterocycles. The minimum atomic E-state index is -1.92. The molecule has 0 bridgehead atoms. The molecule has 170 valence electrons. The number of benzene rings is 2. The van der Waals surface area contributed by atoms with Gasteiger partial charge in [0.1, 0.15) is 23.7 Å². The largest absolute Gasteiger partial charge is 0.460 e. The number of anilines is 1. The lowest BCUT2D eigenvalue weighted by molar-refractivity contribution is 0.263. The van der Waals surface area contributed by atoms with Crippen molar-refractivity contribution in [2.24, 2.45) is 0 Å². The van der Waals surface area contributed by atoms with Crippen LogP contribution < -0.4 is 5.32 Å². The lowest BCUT2D eigenvalue weighted by Crippen LogP contribution is -2.33. The number of hydrogen-bond acceptors (Lipinski definition) is 6. The van der Waals surface area contributed by atoms with Crippen LogP contribution in [-0.2, 0) is 11.1 Å². The Balaban J connectivity index is 1.36. The minimum Gasteiger partial charge on any atom is -0.460 e. The van der Waals surface area contributed by atoms with Crippen molar-refractivity contribution in [1.29, 1.82) is 0 Å². The van der Waals surface area contributed by atoms with Crippen LogP contribution in [0.4, 0.5) is 5.82 Å². The van der Waals surface area contributed by atoms with E-state index in [1.165, 1.54) is 5.56 Å². The molecule has 0 radical (unpaired) electrons. The van der Waals surface area contributed by atoms with E-state index < -0.39 is 7.14 Å². The predicted octanol–water partition coefficient (Wildman–Crippen LogP) is 5.87. The zero-order valence-electron chi connectivity index (χ0n) is 19.1. The number of nitrogens with zero attached hydrogens (tertiary/aromatic N) is 3. The molecule has 1 fully saturated rings. The molecule has 0 aliphatic carbocycles. The predicted molar refractivity (Wildman–Crippen MR) is 134 cm³/mol. The van der Waals surface area contributed by atoms with Crippen molar-refractivity contribution in [2.45, 2.75) is 19.5 Å². The second-order valence-electron chi connectivity index (χ2n) is 9.02. The Morgan fingerprint density at radius 2 is 1.85 bits per heavy atom. The van der Waals surface area contributed by atoms with Crippen LogP contribution in [0.1, 0.15) is 24.3 Å². The summed E-state index contributed by atoms with van der Waals surface area (Å²) in [4.78, 5) is 11.3. The number of furan rings is 1. The van der Waals surface area contributed by atoms with Crippen LogP contribution in [0.15, 0.2) is 71.4 Å². The van der Waals surface area contributed by atoms with Gasteiger partial charge in [0.05, 0.1) is 19.2 Å². The number of hydrogen-bond donors (Lipinski definition) is 1. The maximum atomic E-state index is 12.2. The van der Waals surface area contributed by atoms with Crippen LogP contribution in [0.2, 0.25) is 0 Å². The fourth-order valence-electron chi connectivity index (χ4n) is 4.28. The van der Waals surface area contributed by atoms with E-state index in [2.05, 4.69) is 45.3 Å². The standard InChI is InChI=1S/C26H29N4O2P/c1-19(20-6-4-3-5-7-20)29-26-23-16-21(8-10-24(23)27-18-28-26)25-11-9-22(32-25)17-30-12-14-33(2,31)15-13-30/h3-11,16,18-19H,12-15,17H2,1-2H3,(H,27,28,29)/t19-/m1/s1. The van der Waals surface area contributed by atoms with E-state index in [9.17, 15) is 4.57 Å². The molecular formula is C26H29N4O2P. The van der Waals surface area contributed by atoms with E-state index in [1.807, 2.05) is 49.1 Å². The van der Waals surface area contributed by atoms with E-state index >= 15 is 0 Å². The quantitative estimate of drug-likeness (QED) is 0.363. The van der Waals surface area contributed by atoms with Crippen molar-refractivity contribution >= 4 is 23.9 Å². The van der Waals surface area contributed by atoms with Crippen molar-refractivity contribution in [3.05, 3.63) is 78.3 Å². The maximum absolute atomic E-state index is 12.2. The lowest BCUT2D eigenvalue weighted by atomic mass is 10.1. The zero-order chi connectivity index (χ0) is 22.8. The molecule has 5 rings (SSSR count). The van der Waals surface area contributed by atoms with Gasteiger partial charge >= 0.3 is 0 Å². The summed E-state index contributed by atoms with van der Waals surface area (Å²) in [5.41, 5.74) is 3.09. The lowest BCUT2D eigenvalue weighted by Gasteiger charge is -2.29. The molecule has 33 heavy (non-hydrogen) atoms. The molecule has 2 aromatic carbocycles. The average Bonchev–Trinajstić information content (AvgIpc) is 3.29. The highest BCUT2D eigenvalue weighted by atomic mass is 31.2. The Morgan fingerprint density at radius 1 is 1.06 bits per heavy atom. The van der Waals surface area contributed by atoms with E-state index in [4.69, 9.17) is 4.42 Å². The third-order valence-corrected chi connectivity index (χ3v) is 8.68. The summed E-state index contributed by atoms with van der Waals surface area (Å²) in [6.07, 6.45) is 3.19. The van der Waals surface area contributed by atoms with Crippen LogP contribution in [0.3, 0.4) is 0 Å². The Hall–Kier alpha value is -2.95. The second-order valence-corrected chi connectivity index (χ2v) is 12.5. The van der Waals surface area contributed by atoms with Crippen LogP contribution in [-0.4, -0.2) is 46.9 Å². The SMILES string of the molecule is C[C@@H](Nc1ncnc2ccc(-c3ccc(CN4CCP(C)(=O)CC4)o3)cc12)c1ccccc1. The molecule has 1 aliphatic rings. The summed E-state index contributed by atoms with van der Waals surface area (Å²) < 4.78 is 18.4. The van der Waals surface area contributed by atoms with Crippen molar-refractivity contribution in [3.63, 3.8) is 0 Å². The molecule has 6 nitrogen and oxygen atoms in total. The Bertz CT molecular complexity index is 1290. The fraction of sp³-hybridized carbons (Fsp3) is 0.308. The molecule has 0 saturated carbocycles. The summed E-state index contributed by atoms with van der Waals surface area (Å²) in [6.45, 7) is 6.53. The van der Waals surface area contributed by atoms with Gasteiger partial charge in [-0.15, -0.1) is 0 Å². The molecule has 1 N–H and O–H groups in total. The van der Waals surface area contributed by atoms with Crippen molar-refractivity contribution in [3.8, 4) is 11.3 Å². The molecular weight excluding hydrogens is 431 g/mol. The van der Waals surface area contributed by atoms with Gasteiger partial charge in [0.15, 0.2) is 0 Å². The number of fused-ring (bicyclic) bond motifs is 1. The van der Waals surface area contributed by atoms with Crippen LogP contribution in [0.5, 0.6) is 0 Å². The van der Waals surface area contributed by atoms with Gasteiger partial charge in [-0.1, -0.05) is 30.3 Å². The van der Waals surface area contributed by atoms with Gasteiger partial charge in [0.25, 0.3) is 0 Å². The molecule has 4 aromatic rings. The fourth-order valence-corrected chi connectivity index (χ4v) is 5.92. The number of rotatable bonds is 6. The molecule has 1 atom stereocenters. The molecule has 2 aromatic heterocycles. The second kappa shape index (κ2) is 9.12. The van der Waals surface area contributed by atoms with Gasteiger partial charge in [-0.05, 0) is 49.5 Å². The highest BCUT2D eigenvalue weighted by Crippen LogP contribution is 2.43. The van der Waals surface area contributed by atoms with E-state index in [-0.39, 0.29) is 6.04 Å². The van der Waals surface area contributed by atoms with Gasteiger partial charge in [-0.3, -0.25) is 4.90 Å². The molecule has 0 amide bonds. The Morgan fingerprint density at radius 3 is 2.64 bits per heavy atom. The number of nitrogens with one attached hydrogen (secondary N) is 1. The van der Waals surface area contributed by atoms with Gasteiger partial charge in [-0.2, -0.15) is 0 Å². The minimum absolute atomic E-state index is 0.117. The molecule has 7 heteroatoms. The first-order chi connectivity index (χ1) is 16.0. The summed E-state index contributed by atoms with van der Waals surface area (Å²) >= 11 is 0. The zero-order valence-corrected chi connectivity index (χ0v) is 20.0. The van der Waals surface area contributed by atoms with Crippen LogP contribution in [0, 0.1) is 0 Å². The van der Waals surface area contributed by atoms with Gasteiger partial charge in [0.2, 0.25) is 0 Å². The summed E-state index contributed by atoms with van der Waals surface area (Å²) in [5.74, 6) is 2.57. The molecule has 0 spiro atoms. The first-order valence-electron chi connectivity index (χ1n) is 11.4. The van der Waals surface area contributed by atoms with Crippen LogP contribution >= 0.6 is 7.14 Å². The summed E-state index contributed by atoms with van der Waals surface area (Å²) in [6, 6.07) is 20.6. The highest BCUT2D eigenvalue weighted by Gasteiger charge is 2.24. The van der Waals surface area contributed by atoms with Crippen molar-refractivity contribution < 1.29 is 8.98 Å². The number of aromatic nitrogens is 2. The molecule has 1 aliphatic heterocycles. The summed E-state index contributed by atoms with van der Waals surface area (Å²) in [7, 11) is -1.92. The third kappa shape index (κ3) is 5.02. The average molecular weight is 461 g/mol. The monoisotopic (exact) mass is 460 g/mol. The normalized spacial score (nSPS) is 17.2. The van der Waals surface area contributed by atoms with Gasteiger partial charge < -0.3 is 14.3 Å². The van der Waals surface area contributed by atoms with Crippen molar-refractivity contribution in [1.82, 2.24) is 14.9 Å². The first-order valence-corrected chi connectivity index (χ1v) is 13.9. The van der Waals surface area contributed by atoms with Gasteiger partial charge in [-0.25, -0.2) is 9.97 Å². The molecule has 0 unspecified atom stereocenters. The van der Waals surface area contributed by atoms with Crippen molar-refractivity contribution in [2.75, 3.05) is 37.4 Å². The smallest absolute Gasteiger partial charge is 0.137 e. The topological polar surface area (TPSA) is 71.3 Å². The Labute approximate surface area is 194 Å². The Kier molecular flexibility index (Phi) is 6.05. The third-order valence-electron chi connectivity index (χ3n) is 6.39. The van der Waals surface area contributed by atoms with Crippen LogP contribution in [0.25, 0.3) is 22.2 Å². The highest BCUT2D eigenvalue weighted by molar-refractivity contribution is 7.63. The summed E-state index contributed by atoms with van der Waals surface area (Å²) in [5, 5.41) is 4.50. The van der Waals surface area contributed by atoms with Gasteiger partial charge in [0, 0.05) is 42.4 Å². The van der Waals surface area contributed by atoms with E-state index in [0.717, 1.165) is 65.8 Å². The first kappa shape index (κ1) is 21.9. The maximum Gasteiger partial charge on any atom is 0.137 e. The molecule has 1 saturated heterocycles. The van der Waals surface area contributed by atoms with E-state index in [1.54, 1.807) is 6.33 Å².